The molecule has 0 aliphatic carbocycles. The Morgan fingerprint density at radius 3 is 2.42 bits per heavy atom. The number of hydrogen-bond donors (Lipinski definition) is 2. The lowest BCUT2D eigenvalue weighted by Crippen LogP contribution is -1.83. The largest absolute Gasteiger partial charge is 0.337 e. The van der Waals surface area contributed by atoms with Crippen LogP contribution in [0, 0.1) is 13.8 Å². The van der Waals surface area contributed by atoms with E-state index in [4.69, 9.17) is 4.98 Å². The van der Waals surface area contributed by atoms with E-state index in [1.165, 1.54) is 22.3 Å². The van der Waals surface area contributed by atoms with Crippen molar-refractivity contribution in [1.82, 2.24) is 20.2 Å². The minimum atomic E-state index is 0.787. The average molecular weight is 338 g/mol. The first-order chi connectivity index (χ1) is 12.7. The van der Waals surface area contributed by atoms with Crippen LogP contribution < -0.4 is 0 Å². The van der Waals surface area contributed by atoms with Gasteiger partial charge < -0.3 is 4.98 Å². The first kappa shape index (κ1) is 14.9. The molecule has 0 aliphatic rings. The molecule has 2 heterocycles. The van der Waals surface area contributed by atoms with Crippen molar-refractivity contribution in [3.8, 4) is 22.6 Å². The molecule has 3 aromatic carbocycles. The minimum absolute atomic E-state index is 0.787. The smallest absolute Gasteiger partial charge is 0.159 e. The van der Waals surface area contributed by atoms with Crippen molar-refractivity contribution in [2.75, 3.05) is 0 Å². The van der Waals surface area contributed by atoms with Crippen LogP contribution in [0.25, 0.3) is 44.6 Å². The first-order valence-electron chi connectivity index (χ1n) is 8.69. The highest BCUT2D eigenvalue weighted by Gasteiger charge is 2.12. The predicted molar refractivity (Wildman–Crippen MR) is 106 cm³/mol. The molecular weight excluding hydrogens is 320 g/mol. The molecule has 26 heavy (non-hydrogen) atoms. The molecule has 0 amide bonds. The van der Waals surface area contributed by atoms with E-state index in [1.54, 1.807) is 0 Å². The summed E-state index contributed by atoms with van der Waals surface area (Å²) in [6.07, 6.45) is 0. The Balaban J connectivity index is 1.64. The van der Waals surface area contributed by atoms with E-state index in [9.17, 15) is 0 Å². The third kappa shape index (κ3) is 2.39. The van der Waals surface area contributed by atoms with E-state index in [0.717, 1.165) is 33.5 Å². The van der Waals surface area contributed by atoms with Crippen LogP contribution >= 0.6 is 0 Å². The van der Waals surface area contributed by atoms with Gasteiger partial charge in [-0.3, -0.25) is 5.10 Å². The lowest BCUT2D eigenvalue weighted by atomic mass is 10.0. The molecule has 2 N–H and O–H groups in total. The number of H-pyrrole nitrogens is 2. The molecule has 0 saturated heterocycles. The maximum Gasteiger partial charge on any atom is 0.159 e. The maximum atomic E-state index is 4.74. The van der Waals surface area contributed by atoms with Crippen molar-refractivity contribution in [2.45, 2.75) is 13.8 Å². The van der Waals surface area contributed by atoms with Crippen molar-refractivity contribution >= 4 is 21.9 Å². The van der Waals surface area contributed by atoms with E-state index >= 15 is 0 Å². The van der Waals surface area contributed by atoms with Gasteiger partial charge in [0.1, 0.15) is 5.69 Å². The summed E-state index contributed by atoms with van der Waals surface area (Å²) in [6, 6.07) is 21.1. The number of para-hydroxylation sites is 1. The van der Waals surface area contributed by atoms with Crippen molar-refractivity contribution in [2.24, 2.45) is 0 Å². The summed E-state index contributed by atoms with van der Waals surface area (Å²) in [6.45, 7) is 4.26. The van der Waals surface area contributed by atoms with Gasteiger partial charge in [-0.05, 0) is 43.2 Å². The summed E-state index contributed by atoms with van der Waals surface area (Å²) >= 11 is 0. The molecule has 0 saturated carbocycles. The summed E-state index contributed by atoms with van der Waals surface area (Å²) in [5.74, 6) is 0.787. The number of imidazole rings is 1. The summed E-state index contributed by atoms with van der Waals surface area (Å²) in [5, 5.41) is 8.59. The Labute approximate surface area is 150 Å². The highest BCUT2D eigenvalue weighted by atomic mass is 15.1. The van der Waals surface area contributed by atoms with Gasteiger partial charge in [-0.1, -0.05) is 53.6 Å². The van der Waals surface area contributed by atoms with Gasteiger partial charge >= 0.3 is 0 Å². The molecule has 0 atom stereocenters. The average Bonchev–Trinajstić information content (AvgIpc) is 3.23. The summed E-state index contributed by atoms with van der Waals surface area (Å²) in [5.41, 5.74) is 8.78. The molecule has 0 bridgehead atoms. The standard InChI is InChI=1S/C22H18N4/c1-13-9-14(2)11-16(10-13)15-7-8-19-20(12-15)24-22(23-19)21-17-5-3-4-6-18(17)25-26-21/h3-12H,1-2H3,(H,23,24)(H,25,26). The van der Waals surface area contributed by atoms with Crippen LogP contribution in [-0.2, 0) is 0 Å². The number of rotatable bonds is 2. The van der Waals surface area contributed by atoms with E-state index in [2.05, 4.69) is 71.5 Å². The van der Waals surface area contributed by atoms with Crippen molar-refractivity contribution in [1.29, 1.82) is 0 Å². The SMILES string of the molecule is Cc1cc(C)cc(-c2ccc3nc(-c4n[nH]c5ccccc45)[nH]c3c2)c1. The van der Waals surface area contributed by atoms with E-state index in [1.807, 2.05) is 18.2 Å². The zero-order valence-corrected chi connectivity index (χ0v) is 14.7. The van der Waals surface area contributed by atoms with Crippen molar-refractivity contribution in [3.05, 3.63) is 71.8 Å². The highest BCUT2D eigenvalue weighted by Crippen LogP contribution is 2.29. The monoisotopic (exact) mass is 338 g/mol. The molecule has 0 aliphatic heterocycles. The Kier molecular flexibility index (Phi) is 3.19. The van der Waals surface area contributed by atoms with Gasteiger partial charge in [-0.25, -0.2) is 4.98 Å². The second kappa shape index (κ2) is 5.56. The first-order valence-corrected chi connectivity index (χ1v) is 8.69. The molecule has 0 unspecified atom stereocenters. The van der Waals surface area contributed by atoms with Crippen molar-refractivity contribution < 1.29 is 0 Å². The molecule has 5 aromatic rings. The predicted octanol–water partition coefficient (Wildman–Crippen LogP) is 5.39. The van der Waals surface area contributed by atoms with Crippen LogP contribution in [0.4, 0.5) is 0 Å². The summed E-state index contributed by atoms with van der Waals surface area (Å²) < 4.78 is 0. The second-order valence-corrected chi connectivity index (χ2v) is 6.81. The van der Waals surface area contributed by atoms with Gasteiger partial charge in [0.05, 0.1) is 16.6 Å². The number of aromatic nitrogens is 4. The van der Waals surface area contributed by atoms with Crippen LogP contribution in [-0.4, -0.2) is 20.2 Å². The number of aryl methyl sites for hydroxylation is 2. The fourth-order valence-corrected chi connectivity index (χ4v) is 3.59. The van der Waals surface area contributed by atoms with Crippen LogP contribution in [0.1, 0.15) is 11.1 Å². The van der Waals surface area contributed by atoms with E-state index < -0.39 is 0 Å². The number of hydrogen-bond acceptors (Lipinski definition) is 2. The van der Waals surface area contributed by atoms with Crippen LogP contribution in [0.15, 0.2) is 60.7 Å². The van der Waals surface area contributed by atoms with Gasteiger partial charge in [0, 0.05) is 5.39 Å². The van der Waals surface area contributed by atoms with Gasteiger partial charge in [0.2, 0.25) is 0 Å². The number of benzene rings is 3. The van der Waals surface area contributed by atoms with Crippen molar-refractivity contribution in [3.63, 3.8) is 0 Å². The third-order valence-corrected chi connectivity index (χ3v) is 4.73. The Morgan fingerprint density at radius 2 is 1.58 bits per heavy atom. The molecule has 2 aromatic heterocycles. The zero-order chi connectivity index (χ0) is 17.7. The Morgan fingerprint density at radius 1 is 0.769 bits per heavy atom. The van der Waals surface area contributed by atoms with Crippen LogP contribution in [0.2, 0.25) is 0 Å². The molecule has 4 heteroatoms. The molecule has 126 valence electrons. The second-order valence-electron chi connectivity index (χ2n) is 6.81. The van der Waals surface area contributed by atoms with E-state index in [-0.39, 0.29) is 0 Å². The lowest BCUT2D eigenvalue weighted by Gasteiger charge is -2.05. The number of nitrogens with zero attached hydrogens (tertiary/aromatic N) is 2. The molecule has 0 radical (unpaired) electrons. The maximum absolute atomic E-state index is 4.74. The molecule has 5 rings (SSSR count). The number of nitrogens with one attached hydrogen (secondary N) is 2. The van der Waals surface area contributed by atoms with Gasteiger partial charge in [-0.15, -0.1) is 0 Å². The number of aromatic amines is 2. The minimum Gasteiger partial charge on any atom is -0.337 e. The molecule has 0 fully saturated rings. The lowest BCUT2D eigenvalue weighted by molar-refractivity contribution is 1.11. The Bertz CT molecular complexity index is 1240. The van der Waals surface area contributed by atoms with Gasteiger partial charge in [0.25, 0.3) is 0 Å². The fourth-order valence-electron chi connectivity index (χ4n) is 3.59. The normalized spacial score (nSPS) is 11.5. The van der Waals surface area contributed by atoms with Gasteiger partial charge in [-0.2, -0.15) is 5.10 Å². The summed E-state index contributed by atoms with van der Waals surface area (Å²) in [4.78, 5) is 8.17. The molecular formula is C22H18N4. The van der Waals surface area contributed by atoms with Crippen LogP contribution in [0.3, 0.4) is 0 Å². The molecule has 4 nitrogen and oxygen atoms in total. The third-order valence-electron chi connectivity index (χ3n) is 4.73. The zero-order valence-electron chi connectivity index (χ0n) is 14.7. The molecule has 0 spiro atoms. The quantitative estimate of drug-likeness (QED) is 0.453. The van der Waals surface area contributed by atoms with E-state index in [0.29, 0.717) is 0 Å². The highest BCUT2D eigenvalue weighted by molar-refractivity contribution is 5.93. The Hall–Kier alpha value is -3.40. The van der Waals surface area contributed by atoms with Crippen LogP contribution in [0.5, 0.6) is 0 Å². The summed E-state index contributed by atoms with van der Waals surface area (Å²) in [7, 11) is 0. The van der Waals surface area contributed by atoms with Gasteiger partial charge in [0.15, 0.2) is 5.82 Å². The fraction of sp³-hybridized carbons (Fsp3) is 0.0909. The topological polar surface area (TPSA) is 57.4 Å². The number of fused-ring (bicyclic) bond motifs is 2.